The van der Waals surface area contributed by atoms with Crippen molar-refractivity contribution in [2.45, 2.75) is 58.8 Å². The van der Waals surface area contributed by atoms with Gasteiger partial charge in [-0.2, -0.15) is 5.10 Å². The second-order valence-corrected chi connectivity index (χ2v) is 7.18. The third-order valence-electron chi connectivity index (χ3n) is 4.73. The standard InChI is InChI=1S/C17H31N3O/c1-12(2)9-13(3)16-15(10-14-7-6-8-14)18-20(5)17(16)19(4)11-21/h12-14,21H,6-11H2,1-5H3. The highest BCUT2D eigenvalue weighted by Crippen LogP contribution is 2.37. The molecule has 1 aliphatic carbocycles. The van der Waals surface area contributed by atoms with Crippen LogP contribution in [-0.2, 0) is 13.5 Å². The van der Waals surface area contributed by atoms with Gasteiger partial charge in [0.15, 0.2) is 0 Å². The van der Waals surface area contributed by atoms with Gasteiger partial charge < -0.3 is 10.0 Å². The zero-order valence-corrected chi connectivity index (χ0v) is 14.3. The van der Waals surface area contributed by atoms with Crippen LogP contribution in [0, 0.1) is 11.8 Å². The van der Waals surface area contributed by atoms with E-state index in [2.05, 4.69) is 20.8 Å². The number of anilines is 1. The van der Waals surface area contributed by atoms with E-state index in [0.29, 0.717) is 11.8 Å². The maximum absolute atomic E-state index is 9.53. The fourth-order valence-electron chi connectivity index (χ4n) is 3.56. The predicted molar refractivity (Wildman–Crippen MR) is 87.6 cm³/mol. The number of aryl methyl sites for hydroxylation is 1. The van der Waals surface area contributed by atoms with Gasteiger partial charge in [-0.1, -0.05) is 40.0 Å². The van der Waals surface area contributed by atoms with Crippen LogP contribution in [0.15, 0.2) is 0 Å². The molecule has 0 amide bonds. The van der Waals surface area contributed by atoms with Gasteiger partial charge in [-0.15, -0.1) is 0 Å². The number of hydrogen-bond donors (Lipinski definition) is 1. The monoisotopic (exact) mass is 293 g/mol. The van der Waals surface area contributed by atoms with E-state index in [1.165, 1.54) is 30.5 Å². The Hall–Kier alpha value is -1.03. The van der Waals surface area contributed by atoms with Gasteiger partial charge in [-0.25, -0.2) is 0 Å². The molecule has 1 fully saturated rings. The van der Waals surface area contributed by atoms with Crippen LogP contribution in [0.4, 0.5) is 5.82 Å². The van der Waals surface area contributed by atoms with Crippen molar-refractivity contribution in [1.29, 1.82) is 0 Å². The molecule has 1 aromatic rings. The van der Waals surface area contributed by atoms with E-state index in [1.54, 1.807) is 0 Å². The van der Waals surface area contributed by atoms with Crippen molar-refractivity contribution in [2.75, 3.05) is 18.7 Å². The summed E-state index contributed by atoms with van der Waals surface area (Å²) in [5, 5.41) is 14.3. The lowest BCUT2D eigenvalue weighted by Crippen LogP contribution is -2.22. The van der Waals surface area contributed by atoms with Crippen molar-refractivity contribution in [3.8, 4) is 0 Å². The number of rotatable bonds is 7. The maximum Gasteiger partial charge on any atom is 0.131 e. The molecule has 1 unspecified atom stereocenters. The molecule has 0 bridgehead atoms. The van der Waals surface area contributed by atoms with E-state index in [-0.39, 0.29) is 6.73 Å². The van der Waals surface area contributed by atoms with Crippen LogP contribution in [-0.4, -0.2) is 28.7 Å². The number of aliphatic hydroxyl groups is 1. The number of nitrogens with zero attached hydrogens (tertiary/aromatic N) is 3. The molecule has 4 nitrogen and oxygen atoms in total. The summed E-state index contributed by atoms with van der Waals surface area (Å²) in [6.07, 6.45) is 6.33. The number of aromatic nitrogens is 2. The van der Waals surface area contributed by atoms with E-state index in [9.17, 15) is 5.11 Å². The molecule has 1 aliphatic rings. The first-order valence-corrected chi connectivity index (χ1v) is 8.31. The molecule has 0 radical (unpaired) electrons. The van der Waals surface area contributed by atoms with Gasteiger partial charge in [0, 0.05) is 19.7 Å². The second kappa shape index (κ2) is 6.82. The minimum atomic E-state index is 0.0315. The molecule has 1 N–H and O–H groups in total. The summed E-state index contributed by atoms with van der Waals surface area (Å²) in [4.78, 5) is 1.91. The highest BCUT2D eigenvalue weighted by atomic mass is 16.3. The third-order valence-corrected chi connectivity index (χ3v) is 4.73. The Morgan fingerprint density at radius 1 is 1.33 bits per heavy atom. The van der Waals surface area contributed by atoms with Crippen molar-refractivity contribution in [2.24, 2.45) is 18.9 Å². The average Bonchev–Trinajstić information content (AvgIpc) is 2.69. The van der Waals surface area contributed by atoms with E-state index in [4.69, 9.17) is 5.10 Å². The predicted octanol–water partition coefficient (Wildman–Crippen LogP) is 3.30. The van der Waals surface area contributed by atoms with Crippen molar-refractivity contribution in [1.82, 2.24) is 9.78 Å². The maximum atomic E-state index is 9.53. The highest BCUT2D eigenvalue weighted by molar-refractivity contribution is 5.51. The Kier molecular flexibility index (Phi) is 5.31. The largest absolute Gasteiger partial charge is 0.376 e. The Morgan fingerprint density at radius 3 is 2.48 bits per heavy atom. The summed E-state index contributed by atoms with van der Waals surface area (Å²) in [6, 6.07) is 0. The molecule has 21 heavy (non-hydrogen) atoms. The third kappa shape index (κ3) is 3.60. The number of aliphatic hydroxyl groups excluding tert-OH is 1. The molecule has 1 heterocycles. The topological polar surface area (TPSA) is 41.3 Å². The van der Waals surface area contributed by atoms with E-state index in [1.807, 2.05) is 23.7 Å². The van der Waals surface area contributed by atoms with Crippen LogP contribution >= 0.6 is 0 Å². The molecule has 0 saturated heterocycles. The van der Waals surface area contributed by atoms with Crippen molar-refractivity contribution in [3.05, 3.63) is 11.3 Å². The van der Waals surface area contributed by atoms with E-state index >= 15 is 0 Å². The van der Waals surface area contributed by atoms with Gasteiger partial charge in [0.2, 0.25) is 0 Å². The van der Waals surface area contributed by atoms with Crippen LogP contribution in [0.2, 0.25) is 0 Å². The number of hydrogen-bond acceptors (Lipinski definition) is 3. The molecule has 1 atom stereocenters. The SMILES string of the molecule is CC(C)CC(C)c1c(CC2CCC2)nn(C)c1N(C)CO. The lowest BCUT2D eigenvalue weighted by Gasteiger charge is -2.26. The normalized spacial score (nSPS) is 17.1. The minimum Gasteiger partial charge on any atom is -0.376 e. The van der Waals surface area contributed by atoms with Crippen molar-refractivity contribution >= 4 is 5.82 Å². The molecule has 2 rings (SSSR count). The van der Waals surface area contributed by atoms with Gasteiger partial charge in [0.05, 0.1) is 5.69 Å². The van der Waals surface area contributed by atoms with Crippen LogP contribution in [0.3, 0.4) is 0 Å². The smallest absolute Gasteiger partial charge is 0.131 e. The Balaban J connectivity index is 2.33. The molecule has 120 valence electrons. The zero-order chi connectivity index (χ0) is 15.6. The molecule has 0 spiro atoms. The van der Waals surface area contributed by atoms with Gasteiger partial charge in [-0.3, -0.25) is 4.68 Å². The van der Waals surface area contributed by atoms with Gasteiger partial charge >= 0.3 is 0 Å². The van der Waals surface area contributed by atoms with E-state index in [0.717, 1.165) is 24.6 Å². The molecule has 1 aromatic heterocycles. The molecule has 4 heteroatoms. The Bertz CT molecular complexity index is 463. The fourth-order valence-corrected chi connectivity index (χ4v) is 3.56. The summed E-state index contributed by atoms with van der Waals surface area (Å²) in [5.41, 5.74) is 2.61. The summed E-state index contributed by atoms with van der Waals surface area (Å²) in [7, 11) is 3.94. The molecule has 0 aliphatic heterocycles. The summed E-state index contributed by atoms with van der Waals surface area (Å²) in [5.74, 6) is 3.05. The first-order chi connectivity index (χ1) is 9.93. The zero-order valence-electron chi connectivity index (χ0n) is 14.3. The lowest BCUT2D eigenvalue weighted by molar-refractivity contribution is 0.296. The van der Waals surface area contributed by atoms with Crippen LogP contribution < -0.4 is 4.90 Å². The van der Waals surface area contributed by atoms with E-state index < -0.39 is 0 Å². The van der Waals surface area contributed by atoms with Gasteiger partial charge in [-0.05, 0) is 30.6 Å². The molecule has 1 saturated carbocycles. The molecular weight excluding hydrogens is 262 g/mol. The molecular formula is C17H31N3O. The average molecular weight is 293 g/mol. The minimum absolute atomic E-state index is 0.0315. The Morgan fingerprint density at radius 2 is 2.00 bits per heavy atom. The van der Waals surface area contributed by atoms with Crippen LogP contribution in [0.25, 0.3) is 0 Å². The van der Waals surface area contributed by atoms with Gasteiger partial charge in [0.25, 0.3) is 0 Å². The van der Waals surface area contributed by atoms with Gasteiger partial charge in [0.1, 0.15) is 12.5 Å². The van der Waals surface area contributed by atoms with Crippen molar-refractivity contribution < 1.29 is 5.11 Å². The fraction of sp³-hybridized carbons (Fsp3) is 0.824. The first kappa shape index (κ1) is 16.3. The quantitative estimate of drug-likeness (QED) is 0.784. The summed E-state index contributed by atoms with van der Waals surface area (Å²) in [6.45, 7) is 6.88. The highest BCUT2D eigenvalue weighted by Gasteiger charge is 2.27. The second-order valence-electron chi connectivity index (χ2n) is 7.18. The molecule has 0 aromatic carbocycles. The van der Waals surface area contributed by atoms with Crippen molar-refractivity contribution in [3.63, 3.8) is 0 Å². The Labute approximate surface area is 129 Å². The summed E-state index contributed by atoms with van der Waals surface area (Å²) >= 11 is 0. The lowest BCUT2D eigenvalue weighted by atomic mass is 9.80. The first-order valence-electron chi connectivity index (χ1n) is 8.31. The van der Waals surface area contributed by atoms with Crippen LogP contribution in [0.5, 0.6) is 0 Å². The van der Waals surface area contributed by atoms with Crippen LogP contribution in [0.1, 0.15) is 63.6 Å². The summed E-state index contributed by atoms with van der Waals surface area (Å²) < 4.78 is 1.95.